The van der Waals surface area contributed by atoms with E-state index in [1.807, 2.05) is 37.3 Å². The van der Waals surface area contributed by atoms with Gasteiger partial charge < -0.3 is 5.32 Å². The molecule has 0 spiro atoms. The maximum atomic E-state index is 13.1. The first-order chi connectivity index (χ1) is 16.1. The van der Waals surface area contributed by atoms with E-state index >= 15 is 0 Å². The van der Waals surface area contributed by atoms with Crippen LogP contribution in [-0.4, -0.2) is 34.3 Å². The van der Waals surface area contributed by atoms with Gasteiger partial charge in [-0.3, -0.25) is 9.52 Å². The van der Waals surface area contributed by atoms with Crippen molar-refractivity contribution in [1.82, 2.24) is 20.0 Å². The molecule has 9 nitrogen and oxygen atoms in total. The molecule has 2 aromatic heterocycles. The zero-order valence-electron chi connectivity index (χ0n) is 19.2. The normalized spacial score (nSPS) is 11.3. The number of carbonyl (C=O) groups excluding carboxylic acids is 1. The van der Waals surface area contributed by atoms with E-state index in [0.717, 1.165) is 11.1 Å². The van der Waals surface area contributed by atoms with Crippen molar-refractivity contribution in [2.24, 2.45) is 0 Å². The van der Waals surface area contributed by atoms with Crippen molar-refractivity contribution in [2.75, 3.05) is 10.0 Å². The molecule has 4 aromatic rings. The third kappa shape index (κ3) is 4.81. The topological polar surface area (TPSA) is 119 Å². The van der Waals surface area contributed by atoms with Gasteiger partial charge in [-0.25, -0.2) is 13.1 Å². The molecule has 34 heavy (non-hydrogen) atoms. The van der Waals surface area contributed by atoms with Crippen LogP contribution in [0.3, 0.4) is 0 Å². The third-order valence-electron chi connectivity index (χ3n) is 5.17. The van der Waals surface area contributed by atoms with Crippen LogP contribution in [0.15, 0.2) is 65.6 Å². The van der Waals surface area contributed by atoms with Gasteiger partial charge in [0.2, 0.25) is 5.91 Å². The van der Waals surface area contributed by atoms with Crippen LogP contribution in [0.5, 0.6) is 0 Å². The standard InChI is InChI=1S/C24H24N6O3S/c1-15-5-7-19(8-6-15)22-13-14-23(27-26-22)30-17(3)24(16(2)28-30)34(32,33)29-21-11-9-20(10-12-21)25-18(4)31/h5-14,29H,1-4H3,(H,25,31). The summed E-state index contributed by atoms with van der Waals surface area (Å²) in [5, 5.41) is 15.6. The number of hydrogen-bond acceptors (Lipinski definition) is 6. The maximum Gasteiger partial charge on any atom is 0.265 e. The number of aryl methyl sites for hydroxylation is 2. The first kappa shape index (κ1) is 23.1. The number of aromatic nitrogens is 4. The molecule has 2 aromatic carbocycles. The summed E-state index contributed by atoms with van der Waals surface area (Å²) < 4.78 is 30.3. The second-order valence-corrected chi connectivity index (χ2v) is 9.54. The lowest BCUT2D eigenvalue weighted by atomic mass is 10.1. The van der Waals surface area contributed by atoms with E-state index in [2.05, 4.69) is 25.3 Å². The van der Waals surface area contributed by atoms with Crippen molar-refractivity contribution in [3.8, 4) is 17.1 Å². The quantitative estimate of drug-likeness (QED) is 0.434. The second kappa shape index (κ2) is 9.06. The number of sulfonamides is 1. The summed E-state index contributed by atoms with van der Waals surface area (Å²) in [7, 11) is -3.92. The smallest absolute Gasteiger partial charge is 0.265 e. The fourth-order valence-corrected chi connectivity index (χ4v) is 5.04. The van der Waals surface area contributed by atoms with Crippen LogP contribution in [0, 0.1) is 20.8 Å². The number of carbonyl (C=O) groups is 1. The number of benzene rings is 2. The van der Waals surface area contributed by atoms with E-state index in [0.29, 0.717) is 34.3 Å². The van der Waals surface area contributed by atoms with Crippen LogP contribution in [0.4, 0.5) is 11.4 Å². The van der Waals surface area contributed by atoms with Crippen LogP contribution >= 0.6 is 0 Å². The number of nitrogens with one attached hydrogen (secondary N) is 2. The molecule has 2 N–H and O–H groups in total. The highest BCUT2D eigenvalue weighted by Gasteiger charge is 2.26. The number of nitrogens with zero attached hydrogens (tertiary/aromatic N) is 4. The number of rotatable bonds is 6. The fraction of sp³-hybridized carbons (Fsp3) is 0.167. The Kier molecular flexibility index (Phi) is 6.16. The lowest BCUT2D eigenvalue weighted by molar-refractivity contribution is -0.114. The van der Waals surface area contributed by atoms with Crippen molar-refractivity contribution in [2.45, 2.75) is 32.6 Å². The van der Waals surface area contributed by atoms with E-state index in [-0.39, 0.29) is 10.8 Å². The van der Waals surface area contributed by atoms with Gasteiger partial charge in [-0.1, -0.05) is 29.8 Å². The Labute approximate surface area is 197 Å². The van der Waals surface area contributed by atoms with Crippen LogP contribution in [0.2, 0.25) is 0 Å². The third-order valence-corrected chi connectivity index (χ3v) is 6.80. The molecule has 2 heterocycles. The minimum atomic E-state index is -3.92. The summed E-state index contributed by atoms with van der Waals surface area (Å²) in [4.78, 5) is 11.2. The molecule has 0 saturated carbocycles. The largest absolute Gasteiger partial charge is 0.326 e. The lowest BCUT2D eigenvalue weighted by Gasteiger charge is -2.10. The fourth-order valence-electron chi connectivity index (χ4n) is 3.59. The maximum absolute atomic E-state index is 13.1. The summed E-state index contributed by atoms with van der Waals surface area (Å²) in [5.74, 6) is 0.208. The first-order valence-corrected chi connectivity index (χ1v) is 12.0. The molecule has 1 amide bonds. The van der Waals surface area contributed by atoms with Gasteiger partial charge in [0.15, 0.2) is 5.82 Å². The number of hydrogen-bond donors (Lipinski definition) is 2. The zero-order chi connectivity index (χ0) is 24.5. The Hall–Kier alpha value is -4.05. The average molecular weight is 477 g/mol. The van der Waals surface area contributed by atoms with Crippen LogP contribution in [0.1, 0.15) is 23.9 Å². The van der Waals surface area contributed by atoms with E-state index < -0.39 is 10.0 Å². The van der Waals surface area contributed by atoms with Gasteiger partial charge in [-0.15, -0.1) is 10.2 Å². The Balaban J connectivity index is 1.60. The number of anilines is 2. The lowest BCUT2D eigenvalue weighted by Crippen LogP contribution is -2.15. The highest BCUT2D eigenvalue weighted by atomic mass is 32.2. The minimum absolute atomic E-state index is 0.0721. The SMILES string of the molecule is CC(=O)Nc1ccc(NS(=O)(=O)c2c(C)nn(-c3ccc(-c4ccc(C)cc4)nn3)c2C)cc1. The Morgan fingerprint density at radius 1 is 0.853 bits per heavy atom. The van der Waals surface area contributed by atoms with E-state index in [1.165, 1.54) is 11.6 Å². The van der Waals surface area contributed by atoms with E-state index in [4.69, 9.17) is 0 Å². The molecule has 0 radical (unpaired) electrons. The van der Waals surface area contributed by atoms with Crippen LogP contribution in [-0.2, 0) is 14.8 Å². The van der Waals surface area contributed by atoms with Crippen molar-refractivity contribution in [3.63, 3.8) is 0 Å². The Bertz CT molecular complexity index is 1440. The van der Waals surface area contributed by atoms with Crippen molar-refractivity contribution in [1.29, 1.82) is 0 Å². The molecule has 4 rings (SSSR count). The van der Waals surface area contributed by atoms with Gasteiger partial charge >= 0.3 is 0 Å². The number of amides is 1. The predicted molar refractivity (Wildman–Crippen MR) is 130 cm³/mol. The zero-order valence-corrected chi connectivity index (χ0v) is 20.0. The molecule has 0 fully saturated rings. The van der Waals surface area contributed by atoms with Crippen molar-refractivity contribution >= 4 is 27.3 Å². The summed E-state index contributed by atoms with van der Waals surface area (Å²) in [6.45, 7) is 6.72. The van der Waals surface area contributed by atoms with E-state index in [1.54, 1.807) is 44.2 Å². The molecule has 0 unspecified atom stereocenters. The highest BCUT2D eigenvalue weighted by Crippen LogP contribution is 2.25. The molecule has 10 heteroatoms. The summed E-state index contributed by atoms with van der Waals surface area (Å²) in [6.07, 6.45) is 0. The first-order valence-electron chi connectivity index (χ1n) is 10.5. The molecule has 0 saturated heterocycles. The van der Waals surface area contributed by atoms with Crippen LogP contribution in [0.25, 0.3) is 17.1 Å². The highest BCUT2D eigenvalue weighted by molar-refractivity contribution is 7.92. The van der Waals surface area contributed by atoms with Gasteiger partial charge in [-0.2, -0.15) is 5.10 Å². The predicted octanol–water partition coefficient (Wildman–Crippen LogP) is 4.01. The van der Waals surface area contributed by atoms with E-state index in [9.17, 15) is 13.2 Å². The summed E-state index contributed by atoms with van der Waals surface area (Å²) in [6, 6.07) is 17.9. The van der Waals surface area contributed by atoms with Gasteiger partial charge in [0.25, 0.3) is 10.0 Å². The van der Waals surface area contributed by atoms with Gasteiger partial charge in [0.1, 0.15) is 4.90 Å². The average Bonchev–Trinajstić information content (AvgIpc) is 3.10. The summed E-state index contributed by atoms with van der Waals surface area (Å²) >= 11 is 0. The molecule has 0 aliphatic carbocycles. The Morgan fingerprint density at radius 3 is 2.09 bits per heavy atom. The monoisotopic (exact) mass is 476 g/mol. The van der Waals surface area contributed by atoms with Crippen molar-refractivity contribution in [3.05, 3.63) is 77.6 Å². The van der Waals surface area contributed by atoms with Gasteiger partial charge in [-0.05, 0) is 57.2 Å². The molecule has 0 atom stereocenters. The Morgan fingerprint density at radius 2 is 1.50 bits per heavy atom. The van der Waals surface area contributed by atoms with Crippen LogP contribution < -0.4 is 10.0 Å². The molecule has 0 aliphatic heterocycles. The molecule has 174 valence electrons. The van der Waals surface area contributed by atoms with Gasteiger partial charge in [0, 0.05) is 23.9 Å². The molecule has 0 aliphatic rings. The van der Waals surface area contributed by atoms with Gasteiger partial charge in [0.05, 0.1) is 17.1 Å². The molecular formula is C24H24N6O3S. The summed E-state index contributed by atoms with van der Waals surface area (Å²) in [5.41, 5.74) is 4.49. The molecule has 0 bridgehead atoms. The minimum Gasteiger partial charge on any atom is -0.326 e. The molecular weight excluding hydrogens is 452 g/mol. The second-order valence-electron chi connectivity index (χ2n) is 7.92. The van der Waals surface area contributed by atoms with Crippen molar-refractivity contribution < 1.29 is 13.2 Å².